The van der Waals surface area contributed by atoms with Gasteiger partial charge in [-0.1, -0.05) is 18.2 Å². The van der Waals surface area contributed by atoms with Gasteiger partial charge in [-0.15, -0.1) is 0 Å². The van der Waals surface area contributed by atoms with Gasteiger partial charge in [0.2, 0.25) is 0 Å². The molecule has 0 saturated heterocycles. The highest BCUT2D eigenvalue weighted by Crippen LogP contribution is 2.39. The van der Waals surface area contributed by atoms with E-state index in [2.05, 4.69) is 5.10 Å². The highest BCUT2D eigenvalue weighted by atomic mass is 16.5. The molecule has 0 fully saturated rings. The van der Waals surface area contributed by atoms with Crippen LogP contribution < -0.4 is 4.74 Å². The minimum absolute atomic E-state index is 0.0961. The molecule has 3 aromatic rings. The van der Waals surface area contributed by atoms with Crippen molar-refractivity contribution >= 4 is 11.9 Å². The number of methoxy groups -OCH3 is 3. The predicted octanol–water partition coefficient (Wildman–Crippen LogP) is 3.14. The molecule has 0 atom stereocenters. The molecule has 0 unspecified atom stereocenters. The van der Waals surface area contributed by atoms with E-state index in [4.69, 9.17) is 14.2 Å². The average molecular weight is 396 g/mol. The smallest absolute Gasteiger partial charge is 0.357 e. The van der Waals surface area contributed by atoms with Crippen LogP contribution in [0.4, 0.5) is 0 Å². The van der Waals surface area contributed by atoms with Crippen molar-refractivity contribution in [2.45, 2.75) is 6.92 Å². The number of phenols is 1. The average Bonchev–Trinajstić information content (AvgIpc) is 3.12. The molecule has 0 spiro atoms. The first-order chi connectivity index (χ1) is 13.9. The predicted molar refractivity (Wildman–Crippen MR) is 105 cm³/mol. The summed E-state index contributed by atoms with van der Waals surface area (Å²) < 4.78 is 16.3. The van der Waals surface area contributed by atoms with E-state index < -0.39 is 11.9 Å². The Morgan fingerprint density at radius 1 is 1.00 bits per heavy atom. The third-order valence-electron chi connectivity index (χ3n) is 4.42. The van der Waals surface area contributed by atoms with Crippen LogP contribution >= 0.6 is 0 Å². The molecule has 0 aliphatic rings. The maximum atomic E-state index is 12.6. The Balaban J connectivity index is 2.41. The molecule has 0 radical (unpaired) electrons. The number of carbonyl (C=O) groups excluding carboxylic acids is 2. The maximum Gasteiger partial charge on any atom is 0.357 e. The van der Waals surface area contributed by atoms with Crippen molar-refractivity contribution in [1.82, 2.24) is 9.78 Å². The van der Waals surface area contributed by atoms with Crippen molar-refractivity contribution in [2.24, 2.45) is 0 Å². The number of hydrogen-bond acceptors (Lipinski definition) is 7. The number of hydrogen-bond donors (Lipinski definition) is 1. The second-order valence-corrected chi connectivity index (χ2v) is 6.14. The van der Waals surface area contributed by atoms with Gasteiger partial charge < -0.3 is 19.3 Å². The third-order valence-corrected chi connectivity index (χ3v) is 4.42. The molecule has 3 rings (SSSR count). The number of nitrogens with zero attached hydrogens (tertiary/aromatic N) is 2. The number of aromatic nitrogens is 2. The van der Waals surface area contributed by atoms with E-state index in [0.29, 0.717) is 17.0 Å². The lowest BCUT2D eigenvalue weighted by atomic mass is 9.99. The largest absolute Gasteiger partial charge is 0.507 e. The monoisotopic (exact) mass is 396 g/mol. The molecule has 0 aliphatic heterocycles. The van der Waals surface area contributed by atoms with Gasteiger partial charge in [-0.2, -0.15) is 5.10 Å². The molecule has 1 aromatic heterocycles. The van der Waals surface area contributed by atoms with Crippen LogP contribution in [0, 0.1) is 6.92 Å². The quantitative estimate of drug-likeness (QED) is 0.661. The molecule has 0 bridgehead atoms. The molecule has 29 heavy (non-hydrogen) atoms. The van der Waals surface area contributed by atoms with Crippen molar-refractivity contribution in [1.29, 1.82) is 0 Å². The molecule has 8 heteroatoms. The van der Waals surface area contributed by atoms with Gasteiger partial charge in [-0.05, 0) is 30.7 Å². The number of ether oxygens (including phenoxy) is 3. The van der Waals surface area contributed by atoms with Gasteiger partial charge in [0.05, 0.1) is 27.0 Å². The van der Waals surface area contributed by atoms with Gasteiger partial charge in [0.15, 0.2) is 5.69 Å². The van der Waals surface area contributed by atoms with Crippen LogP contribution in [0.5, 0.6) is 11.5 Å². The van der Waals surface area contributed by atoms with Crippen LogP contribution in [0.3, 0.4) is 0 Å². The first-order valence-corrected chi connectivity index (χ1v) is 8.66. The zero-order valence-electron chi connectivity index (χ0n) is 16.4. The second kappa shape index (κ2) is 8.05. The minimum atomic E-state index is -0.780. The molecule has 0 aliphatic carbocycles. The Hall–Kier alpha value is -3.81. The van der Waals surface area contributed by atoms with Crippen LogP contribution in [-0.4, -0.2) is 48.2 Å². The molecule has 1 heterocycles. The van der Waals surface area contributed by atoms with E-state index in [-0.39, 0.29) is 28.3 Å². The van der Waals surface area contributed by atoms with Crippen LogP contribution in [-0.2, 0) is 9.47 Å². The van der Waals surface area contributed by atoms with E-state index in [0.717, 1.165) is 0 Å². The summed E-state index contributed by atoms with van der Waals surface area (Å²) in [6.07, 6.45) is 0. The number of rotatable bonds is 5. The molecule has 0 saturated carbocycles. The van der Waals surface area contributed by atoms with Crippen molar-refractivity contribution in [3.63, 3.8) is 0 Å². The Kier molecular flexibility index (Phi) is 5.54. The van der Waals surface area contributed by atoms with Gasteiger partial charge in [0, 0.05) is 11.6 Å². The number of phenolic OH excluding ortho intramolecular Hbond substituents is 1. The zero-order valence-corrected chi connectivity index (χ0v) is 16.4. The third kappa shape index (κ3) is 3.52. The lowest BCUT2D eigenvalue weighted by Gasteiger charge is -2.10. The van der Waals surface area contributed by atoms with E-state index in [1.807, 2.05) is 6.07 Å². The summed E-state index contributed by atoms with van der Waals surface area (Å²) in [5.41, 5.74) is 1.31. The molecule has 0 amide bonds. The lowest BCUT2D eigenvalue weighted by Crippen LogP contribution is -2.15. The molecule has 1 N–H and O–H groups in total. The van der Waals surface area contributed by atoms with Crippen molar-refractivity contribution in [2.75, 3.05) is 21.3 Å². The van der Waals surface area contributed by atoms with Crippen LogP contribution in [0.25, 0.3) is 16.9 Å². The second-order valence-electron chi connectivity index (χ2n) is 6.14. The van der Waals surface area contributed by atoms with Crippen LogP contribution in [0.2, 0.25) is 0 Å². The number of aromatic hydroxyl groups is 1. The first kappa shape index (κ1) is 19.9. The fourth-order valence-corrected chi connectivity index (χ4v) is 3.09. The summed E-state index contributed by atoms with van der Waals surface area (Å²) in [5, 5.41) is 15.1. The minimum Gasteiger partial charge on any atom is -0.507 e. The highest BCUT2D eigenvalue weighted by molar-refractivity contribution is 6.07. The summed E-state index contributed by atoms with van der Waals surface area (Å²) in [7, 11) is 3.89. The lowest BCUT2D eigenvalue weighted by molar-refractivity contribution is 0.0549. The van der Waals surface area contributed by atoms with E-state index in [9.17, 15) is 14.7 Å². The van der Waals surface area contributed by atoms with E-state index in [1.165, 1.54) is 32.1 Å². The van der Waals surface area contributed by atoms with Gasteiger partial charge in [-0.3, -0.25) is 0 Å². The number of esters is 2. The van der Waals surface area contributed by atoms with Crippen molar-refractivity contribution in [3.05, 3.63) is 59.3 Å². The molecular weight excluding hydrogens is 376 g/mol. The van der Waals surface area contributed by atoms with Gasteiger partial charge in [0.25, 0.3) is 0 Å². The fraction of sp³-hybridized carbons (Fsp3) is 0.190. The summed E-state index contributed by atoms with van der Waals surface area (Å²) in [4.78, 5) is 25.2. The first-order valence-electron chi connectivity index (χ1n) is 8.66. The van der Waals surface area contributed by atoms with Crippen molar-refractivity contribution in [3.8, 4) is 28.4 Å². The maximum absolute atomic E-state index is 12.6. The number of carbonyl (C=O) groups is 2. The topological polar surface area (TPSA) is 99.9 Å². The Morgan fingerprint density at radius 3 is 2.21 bits per heavy atom. The number of benzene rings is 2. The SMILES string of the molecule is COC(=O)c1c(-c2c(C)cc(OC)cc2O)nn(-c2ccccc2)c1C(=O)OC. The fourth-order valence-electron chi connectivity index (χ4n) is 3.09. The molecule has 2 aromatic carbocycles. The Bertz CT molecular complexity index is 1050. The summed E-state index contributed by atoms with van der Waals surface area (Å²) in [6.45, 7) is 1.73. The zero-order chi connectivity index (χ0) is 21.1. The van der Waals surface area contributed by atoms with E-state index >= 15 is 0 Å². The summed E-state index contributed by atoms with van der Waals surface area (Å²) >= 11 is 0. The van der Waals surface area contributed by atoms with Crippen LogP contribution in [0.15, 0.2) is 42.5 Å². The molecular formula is C21H20N2O6. The number of para-hydroxylation sites is 1. The van der Waals surface area contributed by atoms with Gasteiger partial charge in [-0.25, -0.2) is 14.3 Å². The summed E-state index contributed by atoms with van der Waals surface area (Å²) in [6, 6.07) is 11.9. The molecule has 150 valence electrons. The highest BCUT2D eigenvalue weighted by Gasteiger charge is 2.33. The normalized spacial score (nSPS) is 10.5. The van der Waals surface area contributed by atoms with Gasteiger partial charge in [0.1, 0.15) is 22.8 Å². The van der Waals surface area contributed by atoms with E-state index in [1.54, 1.807) is 37.3 Å². The Labute approximate surface area is 167 Å². The molecule has 8 nitrogen and oxygen atoms in total. The standard InChI is InChI=1S/C21H20N2O6/c1-12-10-14(27-2)11-15(24)16(12)18-17(20(25)28-3)19(21(26)29-4)23(22-18)13-8-6-5-7-9-13/h5-11,24H,1-4H3. The number of aryl methyl sites for hydroxylation is 1. The Morgan fingerprint density at radius 2 is 1.66 bits per heavy atom. The van der Waals surface area contributed by atoms with Crippen molar-refractivity contribution < 1.29 is 28.9 Å². The van der Waals surface area contributed by atoms with Crippen LogP contribution in [0.1, 0.15) is 26.4 Å². The van der Waals surface area contributed by atoms with Gasteiger partial charge >= 0.3 is 11.9 Å². The summed E-state index contributed by atoms with van der Waals surface area (Å²) in [5.74, 6) is -1.25.